The summed E-state index contributed by atoms with van der Waals surface area (Å²) < 4.78 is 9.98. The molecule has 1 aromatic heterocycles. The van der Waals surface area contributed by atoms with Crippen molar-refractivity contribution in [1.29, 1.82) is 0 Å². The molecule has 0 bridgehead atoms. The summed E-state index contributed by atoms with van der Waals surface area (Å²) in [7, 11) is 1.33. The first-order chi connectivity index (χ1) is 10.6. The van der Waals surface area contributed by atoms with Crippen molar-refractivity contribution >= 4 is 23.2 Å². The number of carbonyl (C=O) groups is 2. The van der Waals surface area contributed by atoms with E-state index in [0.717, 1.165) is 4.88 Å². The van der Waals surface area contributed by atoms with Gasteiger partial charge < -0.3 is 14.8 Å². The molecule has 0 unspecified atom stereocenters. The summed E-state index contributed by atoms with van der Waals surface area (Å²) >= 11 is 1.61. The predicted octanol–water partition coefficient (Wildman–Crippen LogP) is 2.54. The highest BCUT2D eigenvalue weighted by Gasteiger charge is 2.07. The number of hydrogen-bond donors (Lipinski definition) is 1. The minimum absolute atomic E-state index is 0.0675. The third-order valence-corrected chi connectivity index (χ3v) is 4.08. The van der Waals surface area contributed by atoms with Crippen molar-refractivity contribution in [2.45, 2.75) is 13.5 Å². The van der Waals surface area contributed by atoms with E-state index in [1.165, 1.54) is 12.7 Å². The molecule has 0 spiro atoms. The predicted molar refractivity (Wildman–Crippen MR) is 84.2 cm³/mol. The van der Waals surface area contributed by atoms with Gasteiger partial charge >= 0.3 is 5.97 Å². The molecule has 0 radical (unpaired) electrons. The van der Waals surface area contributed by atoms with Crippen LogP contribution in [-0.4, -0.2) is 25.6 Å². The highest BCUT2D eigenvalue weighted by Crippen LogP contribution is 2.15. The Balaban J connectivity index is 1.78. The molecule has 0 aliphatic rings. The van der Waals surface area contributed by atoms with Crippen LogP contribution >= 0.6 is 11.3 Å². The van der Waals surface area contributed by atoms with Gasteiger partial charge in [0.05, 0.1) is 19.2 Å². The minimum Gasteiger partial charge on any atom is -0.484 e. The normalized spacial score (nSPS) is 10.1. The van der Waals surface area contributed by atoms with Gasteiger partial charge in [0, 0.05) is 4.88 Å². The van der Waals surface area contributed by atoms with Crippen molar-refractivity contribution in [3.63, 3.8) is 0 Å². The van der Waals surface area contributed by atoms with Crippen molar-refractivity contribution < 1.29 is 19.1 Å². The van der Waals surface area contributed by atoms with Gasteiger partial charge in [0.1, 0.15) is 5.75 Å². The zero-order valence-electron chi connectivity index (χ0n) is 12.4. The second-order valence-corrected chi connectivity index (χ2v) is 5.61. The second-order valence-electron chi connectivity index (χ2n) is 4.61. The number of hydrogen-bond acceptors (Lipinski definition) is 5. The first-order valence-corrected chi connectivity index (χ1v) is 7.59. The summed E-state index contributed by atoms with van der Waals surface area (Å²) in [5.41, 5.74) is 1.61. The van der Waals surface area contributed by atoms with Gasteiger partial charge in [-0.15, -0.1) is 11.3 Å². The Morgan fingerprint density at radius 3 is 2.50 bits per heavy atom. The van der Waals surface area contributed by atoms with Crippen LogP contribution in [0.4, 0.5) is 0 Å². The average molecular weight is 319 g/mol. The van der Waals surface area contributed by atoms with Crippen LogP contribution in [0, 0.1) is 6.92 Å². The topological polar surface area (TPSA) is 64.6 Å². The Morgan fingerprint density at radius 2 is 1.91 bits per heavy atom. The Labute approximate surface area is 132 Å². The zero-order valence-corrected chi connectivity index (χ0v) is 13.2. The number of ether oxygens (including phenoxy) is 2. The van der Waals surface area contributed by atoms with E-state index in [-0.39, 0.29) is 12.5 Å². The molecule has 5 nitrogen and oxygen atoms in total. The summed E-state index contributed by atoms with van der Waals surface area (Å²) in [6, 6.07) is 8.46. The maximum Gasteiger partial charge on any atom is 0.337 e. The first-order valence-electron chi connectivity index (χ1n) is 6.71. The fourth-order valence-corrected chi connectivity index (χ4v) is 2.61. The number of amides is 1. The number of rotatable bonds is 6. The maximum atomic E-state index is 11.7. The first kappa shape index (κ1) is 16.0. The van der Waals surface area contributed by atoms with E-state index in [1.807, 2.05) is 18.4 Å². The van der Waals surface area contributed by atoms with Crippen molar-refractivity contribution in [3.05, 3.63) is 51.7 Å². The highest BCUT2D eigenvalue weighted by molar-refractivity contribution is 7.10. The largest absolute Gasteiger partial charge is 0.484 e. The van der Waals surface area contributed by atoms with E-state index in [9.17, 15) is 9.59 Å². The molecule has 1 N–H and O–H groups in total. The zero-order chi connectivity index (χ0) is 15.9. The molecule has 2 aromatic rings. The number of nitrogens with one attached hydrogen (secondary N) is 1. The van der Waals surface area contributed by atoms with E-state index >= 15 is 0 Å². The SMILES string of the molecule is COC(=O)c1ccc(OCC(=O)NCc2sccc2C)cc1. The van der Waals surface area contributed by atoms with Crippen LogP contribution in [0.1, 0.15) is 20.8 Å². The molecule has 2 rings (SSSR count). The van der Waals surface area contributed by atoms with E-state index < -0.39 is 5.97 Å². The Bertz CT molecular complexity index is 648. The fraction of sp³-hybridized carbons (Fsp3) is 0.250. The van der Waals surface area contributed by atoms with E-state index in [2.05, 4.69) is 10.1 Å². The number of thiophene rings is 1. The molecule has 1 amide bonds. The lowest BCUT2D eigenvalue weighted by molar-refractivity contribution is -0.123. The van der Waals surface area contributed by atoms with E-state index in [1.54, 1.807) is 35.6 Å². The molecular formula is C16H17NO4S. The summed E-state index contributed by atoms with van der Waals surface area (Å²) in [6.45, 7) is 2.45. The van der Waals surface area contributed by atoms with Gasteiger partial charge in [-0.05, 0) is 48.2 Å². The number of methoxy groups -OCH3 is 1. The summed E-state index contributed by atoms with van der Waals surface area (Å²) in [4.78, 5) is 24.2. The molecule has 1 aromatic carbocycles. The van der Waals surface area contributed by atoms with E-state index in [0.29, 0.717) is 17.9 Å². The van der Waals surface area contributed by atoms with Gasteiger partial charge in [-0.25, -0.2) is 4.79 Å². The fourth-order valence-electron chi connectivity index (χ4n) is 1.77. The van der Waals surface area contributed by atoms with Crippen LogP contribution in [0.5, 0.6) is 5.75 Å². The maximum absolute atomic E-state index is 11.7. The Kier molecular flexibility index (Phi) is 5.55. The molecule has 1 heterocycles. The van der Waals surface area contributed by atoms with Gasteiger partial charge in [0.25, 0.3) is 5.91 Å². The molecule has 116 valence electrons. The van der Waals surface area contributed by atoms with Crippen LogP contribution in [0.3, 0.4) is 0 Å². The van der Waals surface area contributed by atoms with Gasteiger partial charge in [-0.2, -0.15) is 0 Å². The van der Waals surface area contributed by atoms with Crippen LogP contribution < -0.4 is 10.1 Å². The minimum atomic E-state index is -0.407. The third kappa shape index (κ3) is 4.33. The van der Waals surface area contributed by atoms with Gasteiger partial charge in [0.15, 0.2) is 6.61 Å². The van der Waals surface area contributed by atoms with Crippen molar-refractivity contribution in [2.24, 2.45) is 0 Å². The third-order valence-electron chi connectivity index (χ3n) is 3.06. The lowest BCUT2D eigenvalue weighted by Crippen LogP contribution is -2.28. The Hall–Kier alpha value is -2.34. The smallest absolute Gasteiger partial charge is 0.337 e. The van der Waals surface area contributed by atoms with Crippen molar-refractivity contribution in [3.8, 4) is 5.75 Å². The number of aryl methyl sites for hydroxylation is 1. The highest BCUT2D eigenvalue weighted by atomic mass is 32.1. The summed E-state index contributed by atoms with van der Waals surface area (Å²) in [6.07, 6.45) is 0. The lowest BCUT2D eigenvalue weighted by Gasteiger charge is -2.08. The molecule has 22 heavy (non-hydrogen) atoms. The molecule has 0 aliphatic carbocycles. The van der Waals surface area contributed by atoms with Gasteiger partial charge in [-0.1, -0.05) is 0 Å². The molecule has 0 saturated heterocycles. The monoisotopic (exact) mass is 319 g/mol. The molecule has 0 aliphatic heterocycles. The van der Waals surface area contributed by atoms with Crippen molar-refractivity contribution in [2.75, 3.05) is 13.7 Å². The second kappa shape index (κ2) is 7.61. The Morgan fingerprint density at radius 1 is 1.18 bits per heavy atom. The van der Waals surface area contributed by atoms with Crippen LogP contribution in [0.15, 0.2) is 35.7 Å². The van der Waals surface area contributed by atoms with E-state index in [4.69, 9.17) is 4.74 Å². The summed E-state index contributed by atoms with van der Waals surface area (Å²) in [5, 5.41) is 4.80. The molecular weight excluding hydrogens is 302 g/mol. The molecule has 6 heteroatoms. The van der Waals surface area contributed by atoms with Gasteiger partial charge in [-0.3, -0.25) is 4.79 Å². The molecule has 0 fully saturated rings. The summed E-state index contributed by atoms with van der Waals surface area (Å²) in [5.74, 6) is -0.0736. The van der Waals surface area contributed by atoms with Gasteiger partial charge in [0.2, 0.25) is 0 Å². The van der Waals surface area contributed by atoms with Crippen LogP contribution in [0.2, 0.25) is 0 Å². The molecule has 0 atom stereocenters. The number of carbonyl (C=O) groups excluding carboxylic acids is 2. The number of benzene rings is 1. The van der Waals surface area contributed by atoms with Crippen LogP contribution in [0.25, 0.3) is 0 Å². The number of esters is 1. The average Bonchev–Trinajstić information content (AvgIpc) is 2.95. The van der Waals surface area contributed by atoms with Crippen molar-refractivity contribution in [1.82, 2.24) is 5.32 Å². The molecule has 0 saturated carbocycles. The quantitative estimate of drug-likeness (QED) is 0.831. The lowest BCUT2D eigenvalue weighted by atomic mass is 10.2. The van der Waals surface area contributed by atoms with Crippen LogP contribution in [-0.2, 0) is 16.1 Å². The standard InChI is InChI=1S/C16H17NO4S/c1-11-7-8-22-14(11)9-17-15(18)10-21-13-5-3-12(4-6-13)16(19)20-2/h3-8H,9-10H2,1-2H3,(H,17,18).